The Kier molecular flexibility index (Phi) is 2.97. The van der Waals surface area contributed by atoms with Gasteiger partial charge in [-0.25, -0.2) is 0 Å². The van der Waals surface area contributed by atoms with Crippen LogP contribution in [0, 0.1) is 0 Å². The van der Waals surface area contributed by atoms with Crippen molar-refractivity contribution < 1.29 is 14.4 Å². The lowest BCUT2D eigenvalue weighted by molar-refractivity contribution is -0.128. The number of imide groups is 1. The molecule has 2 saturated heterocycles. The summed E-state index contributed by atoms with van der Waals surface area (Å²) in [4.78, 5) is 41.8. The third kappa shape index (κ3) is 2.00. The van der Waals surface area contributed by atoms with E-state index in [-0.39, 0.29) is 28.8 Å². The number of benzene rings is 1. The maximum atomic E-state index is 12.4. The van der Waals surface area contributed by atoms with Gasteiger partial charge in [0, 0.05) is 24.0 Å². The highest BCUT2D eigenvalue weighted by molar-refractivity contribution is 8.14. The molecule has 0 bridgehead atoms. The topological polar surface area (TPSA) is 73.5 Å². The fourth-order valence-electron chi connectivity index (χ4n) is 2.86. The van der Waals surface area contributed by atoms with Crippen LogP contribution in [0.1, 0.15) is 10.5 Å². The first-order chi connectivity index (χ1) is 10.6. The molecule has 3 heterocycles. The van der Waals surface area contributed by atoms with Crippen molar-refractivity contribution in [3.05, 3.63) is 36.0 Å². The van der Waals surface area contributed by atoms with Gasteiger partial charge in [-0.3, -0.25) is 19.3 Å². The van der Waals surface area contributed by atoms with Crippen LogP contribution in [0.3, 0.4) is 0 Å². The Hall–Kier alpha value is -2.28. The lowest BCUT2D eigenvalue weighted by atomic mass is 10.1. The Morgan fingerprint density at radius 3 is 2.68 bits per heavy atom. The van der Waals surface area contributed by atoms with E-state index in [0.29, 0.717) is 18.8 Å². The van der Waals surface area contributed by atoms with Crippen molar-refractivity contribution in [2.45, 2.75) is 6.04 Å². The summed E-state index contributed by atoms with van der Waals surface area (Å²) in [5.41, 5.74) is 1.46. The van der Waals surface area contributed by atoms with Crippen LogP contribution in [0.25, 0.3) is 10.9 Å². The van der Waals surface area contributed by atoms with E-state index < -0.39 is 0 Å². The normalized spacial score (nSPS) is 19.1. The van der Waals surface area contributed by atoms with Crippen LogP contribution in [0.4, 0.5) is 4.79 Å². The van der Waals surface area contributed by atoms with Crippen LogP contribution >= 0.6 is 11.8 Å². The molecule has 2 aliphatic rings. The summed E-state index contributed by atoms with van der Waals surface area (Å²) in [6.45, 7) is 0.818. The molecule has 112 valence electrons. The molecule has 1 N–H and O–H groups in total. The summed E-state index contributed by atoms with van der Waals surface area (Å²) < 4.78 is 0. The molecule has 6 nitrogen and oxygen atoms in total. The van der Waals surface area contributed by atoms with E-state index >= 15 is 0 Å². The first kappa shape index (κ1) is 13.4. The number of hydrogen-bond acceptors (Lipinski definition) is 4. The van der Waals surface area contributed by atoms with Crippen LogP contribution < -0.4 is 0 Å². The van der Waals surface area contributed by atoms with Gasteiger partial charge >= 0.3 is 0 Å². The molecule has 0 aliphatic carbocycles. The summed E-state index contributed by atoms with van der Waals surface area (Å²) in [5, 5.41) is 0.789. The third-order valence-corrected chi connectivity index (χ3v) is 4.89. The number of H-pyrrole nitrogens is 1. The molecule has 0 atom stereocenters. The van der Waals surface area contributed by atoms with Crippen LogP contribution in [0.15, 0.2) is 30.3 Å². The highest BCUT2D eigenvalue weighted by Crippen LogP contribution is 2.27. The quantitative estimate of drug-likeness (QED) is 0.915. The van der Waals surface area contributed by atoms with Crippen LogP contribution in [0.5, 0.6) is 0 Å². The number of rotatable bonds is 2. The van der Waals surface area contributed by atoms with Crippen molar-refractivity contribution in [3.63, 3.8) is 0 Å². The predicted octanol–water partition coefficient (Wildman–Crippen LogP) is 1.69. The van der Waals surface area contributed by atoms with Gasteiger partial charge < -0.3 is 9.88 Å². The van der Waals surface area contributed by atoms with Gasteiger partial charge in [-0.2, -0.15) is 0 Å². The van der Waals surface area contributed by atoms with Gasteiger partial charge in [0.15, 0.2) is 0 Å². The summed E-state index contributed by atoms with van der Waals surface area (Å²) in [6.07, 6.45) is 0. The molecule has 22 heavy (non-hydrogen) atoms. The average Bonchev–Trinajstić information content (AvgIpc) is 3.03. The third-order valence-electron chi connectivity index (χ3n) is 4.06. The number of para-hydroxylation sites is 1. The van der Waals surface area contributed by atoms with Crippen LogP contribution in [-0.4, -0.2) is 56.7 Å². The molecule has 2 fully saturated rings. The summed E-state index contributed by atoms with van der Waals surface area (Å²) in [6, 6.07) is 9.35. The summed E-state index contributed by atoms with van der Waals surface area (Å²) >= 11 is 1.03. The van der Waals surface area contributed by atoms with Gasteiger partial charge in [-0.05, 0) is 12.1 Å². The number of nitrogens with one attached hydrogen (secondary N) is 1. The number of carbonyl (C=O) groups excluding carboxylic acids is 3. The zero-order chi connectivity index (χ0) is 15.3. The Labute approximate surface area is 130 Å². The Morgan fingerprint density at radius 2 is 2.00 bits per heavy atom. The van der Waals surface area contributed by atoms with Crippen molar-refractivity contribution in [1.82, 2.24) is 14.8 Å². The molecule has 1 aromatic heterocycles. The number of carbonyl (C=O) groups is 3. The molecular formula is C15H13N3O3S. The molecule has 2 aliphatic heterocycles. The number of likely N-dealkylation sites (tertiary alicyclic amines) is 1. The maximum Gasteiger partial charge on any atom is 0.289 e. The van der Waals surface area contributed by atoms with Crippen molar-refractivity contribution in [2.75, 3.05) is 18.8 Å². The van der Waals surface area contributed by atoms with Crippen molar-refractivity contribution in [2.24, 2.45) is 0 Å². The fourth-order valence-corrected chi connectivity index (χ4v) is 3.64. The zero-order valence-corrected chi connectivity index (χ0v) is 12.4. The predicted molar refractivity (Wildman–Crippen MR) is 82.7 cm³/mol. The van der Waals surface area contributed by atoms with Gasteiger partial charge in [0.25, 0.3) is 11.1 Å². The minimum Gasteiger partial charge on any atom is -0.351 e. The molecular weight excluding hydrogens is 302 g/mol. The SMILES string of the molecule is O=C(c1cc2ccccc2[nH]1)N1CC(N2C(=O)CSC2=O)C1. The number of amides is 3. The number of thioether (sulfide) groups is 1. The first-order valence-electron chi connectivity index (χ1n) is 6.99. The molecule has 1 aromatic carbocycles. The number of hydrogen-bond donors (Lipinski definition) is 1. The van der Waals surface area contributed by atoms with Crippen LogP contribution in [0.2, 0.25) is 0 Å². The second-order valence-electron chi connectivity index (χ2n) is 5.45. The highest BCUT2D eigenvalue weighted by Gasteiger charge is 2.43. The number of nitrogens with zero attached hydrogens (tertiary/aromatic N) is 2. The first-order valence-corrected chi connectivity index (χ1v) is 7.98. The molecule has 7 heteroatoms. The van der Waals surface area contributed by atoms with Gasteiger partial charge in [-0.15, -0.1) is 0 Å². The Bertz CT molecular complexity index is 745. The van der Waals surface area contributed by atoms with E-state index in [1.165, 1.54) is 4.90 Å². The highest BCUT2D eigenvalue weighted by atomic mass is 32.2. The lowest BCUT2D eigenvalue weighted by Gasteiger charge is -2.42. The molecule has 0 saturated carbocycles. The fraction of sp³-hybridized carbons (Fsp3) is 0.267. The lowest BCUT2D eigenvalue weighted by Crippen LogP contribution is -2.62. The van der Waals surface area contributed by atoms with Crippen molar-refractivity contribution >= 4 is 39.7 Å². The summed E-state index contributed by atoms with van der Waals surface area (Å²) in [5.74, 6) is -0.0393. The van der Waals surface area contributed by atoms with E-state index in [0.717, 1.165) is 22.7 Å². The van der Waals surface area contributed by atoms with Gasteiger partial charge in [-0.1, -0.05) is 30.0 Å². The molecule has 0 radical (unpaired) electrons. The Balaban J connectivity index is 1.47. The zero-order valence-electron chi connectivity index (χ0n) is 11.6. The minimum absolute atomic E-state index is 0.0980. The van der Waals surface area contributed by atoms with E-state index in [4.69, 9.17) is 0 Å². The van der Waals surface area contributed by atoms with E-state index in [1.54, 1.807) is 4.90 Å². The van der Waals surface area contributed by atoms with E-state index in [2.05, 4.69) is 4.98 Å². The van der Waals surface area contributed by atoms with Crippen molar-refractivity contribution in [1.29, 1.82) is 0 Å². The molecule has 3 amide bonds. The monoisotopic (exact) mass is 315 g/mol. The largest absolute Gasteiger partial charge is 0.351 e. The van der Waals surface area contributed by atoms with Gasteiger partial charge in [0.2, 0.25) is 5.91 Å². The molecule has 0 spiro atoms. The van der Waals surface area contributed by atoms with E-state index in [9.17, 15) is 14.4 Å². The van der Waals surface area contributed by atoms with Crippen molar-refractivity contribution in [3.8, 4) is 0 Å². The number of aromatic nitrogens is 1. The van der Waals surface area contributed by atoms with Crippen LogP contribution in [-0.2, 0) is 4.79 Å². The second-order valence-corrected chi connectivity index (χ2v) is 6.38. The van der Waals surface area contributed by atoms with E-state index in [1.807, 2.05) is 30.3 Å². The molecule has 0 unspecified atom stereocenters. The summed E-state index contributed by atoms with van der Waals surface area (Å²) in [7, 11) is 0. The standard InChI is InChI=1S/C15H13N3O3S/c19-13-8-22-15(21)18(13)10-6-17(7-10)14(20)12-5-9-3-1-2-4-11(9)16-12/h1-5,10,16H,6-8H2. The van der Waals surface area contributed by atoms with Gasteiger partial charge in [0.1, 0.15) is 5.69 Å². The number of aromatic amines is 1. The maximum absolute atomic E-state index is 12.4. The smallest absolute Gasteiger partial charge is 0.289 e. The minimum atomic E-state index is -0.201. The second kappa shape index (κ2) is 4.88. The van der Waals surface area contributed by atoms with Gasteiger partial charge in [0.05, 0.1) is 11.8 Å². The number of fused-ring (bicyclic) bond motifs is 1. The molecule has 2 aromatic rings. The molecule has 4 rings (SSSR count). The average molecular weight is 315 g/mol. The Morgan fingerprint density at radius 1 is 1.23 bits per heavy atom.